The van der Waals surface area contributed by atoms with Crippen LogP contribution in [0.25, 0.3) is 49.9 Å². The molecule has 0 amide bonds. The van der Waals surface area contributed by atoms with E-state index < -0.39 is 0 Å². The molecule has 0 N–H and O–H groups in total. The molecule has 0 fully saturated rings. The summed E-state index contributed by atoms with van der Waals surface area (Å²) < 4.78 is 9.42. The van der Waals surface area contributed by atoms with Gasteiger partial charge in [-0.3, -0.25) is 4.57 Å². The van der Waals surface area contributed by atoms with Gasteiger partial charge in [0, 0.05) is 51.3 Å². The molecular formula is C67H70N4O. The first-order valence-electron chi connectivity index (χ1n) is 25.9. The highest BCUT2D eigenvalue weighted by molar-refractivity contribution is 6.16. The lowest BCUT2D eigenvalue weighted by atomic mass is 9.80. The number of pyridine rings is 1. The molecule has 0 atom stereocenters. The first-order chi connectivity index (χ1) is 34.0. The number of nitrogens with zero attached hydrogens (tertiary/aromatic N) is 4. The minimum absolute atomic E-state index is 0.0114. The summed E-state index contributed by atoms with van der Waals surface area (Å²) in [6.45, 7) is 32.9. The van der Waals surface area contributed by atoms with E-state index in [0.29, 0.717) is 6.67 Å². The lowest BCUT2D eigenvalue weighted by Crippen LogP contribution is -2.25. The molecule has 3 heterocycles. The van der Waals surface area contributed by atoms with E-state index in [9.17, 15) is 0 Å². The number of rotatable bonds is 7. The number of hydrogen-bond acceptors (Lipinski definition) is 4. The van der Waals surface area contributed by atoms with Gasteiger partial charge in [-0.2, -0.15) is 0 Å². The van der Waals surface area contributed by atoms with Crippen LogP contribution in [-0.4, -0.2) is 16.2 Å². The number of hydrogen-bond donors (Lipinski definition) is 0. The Morgan fingerprint density at radius 1 is 0.458 bits per heavy atom. The Morgan fingerprint density at radius 3 is 1.62 bits per heavy atom. The Kier molecular flexibility index (Phi) is 10.8. The fourth-order valence-electron chi connectivity index (χ4n) is 11.2. The lowest BCUT2D eigenvalue weighted by molar-refractivity contribution is 0.481. The molecule has 0 radical (unpaired) electrons. The van der Waals surface area contributed by atoms with Crippen LogP contribution < -0.4 is 14.5 Å². The molecular weight excluding hydrogens is 877 g/mol. The quantitative estimate of drug-likeness (QED) is 0.159. The van der Waals surface area contributed by atoms with E-state index in [2.05, 4.69) is 263 Å². The average molecular weight is 947 g/mol. The van der Waals surface area contributed by atoms with Crippen LogP contribution in [0.1, 0.15) is 130 Å². The monoisotopic (exact) mass is 947 g/mol. The first-order valence-corrected chi connectivity index (χ1v) is 25.9. The molecule has 1 aliphatic heterocycles. The van der Waals surface area contributed by atoms with E-state index >= 15 is 0 Å². The summed E-state index contributed by atoms with van der Waals surface area (Å²) in [7, 11) is 0. The van der Waals surface area contributed by atoms with Crippen molar-refractivity contribution in [3.05, 3.63) is 191 Å². The molecule has 0 saturated heterocycles. The lowest BCUT2D eigenvalue weighted by Gasteiger charge is -2.31. The fourth-order valence-corrected chi connectivity index (χ4v) is 11.2. The fraction of sp³-hybridized carbons (Fsp3) is 0.299. The predicted octanol–water partition coefficient (Wildman–Crippen LogP) is 18.4. The molecule has 2 aromatic heterocycles. The zero-order valence-corrected chi connectivity index (χ0v) is 44.9. The highest BCUT2D eigenvalue weighted by Gasteiger charge is 2.38. The van der Waals surface area contributed by atoms with Gasteiger partial charge in [0.05, 0.1) is 28.1 Å². The smallest absolute Gasteiger partial charge is 0.137 e. The number of aromatic nitrogens is 2. The van der Waals surface area contributed by atoms with Crippen molar-refractivity contribution in [1.29, 1.82) is 0 Å². The van der Waals surface area contributed by atoms with E-state index in [1.807, 2.05) is 6.20 Å². The molecule has 7 aromatic carbocycles. The maximum atomic E-state index is 7.07. The summed E-state index contributed by atoms with van der Waals surface area (Å²) in [5, 5.41) is 2.59. The summed E-state index contributed by atoms with van der Waals surface area (Å²) in [5.41, 5.74) is 19.3. The van der Waals surface area contributed by atoms with E-state index in [-0.39, 0.29) is 27.1 Å². The van der Waals surface area contributed by atoms with Gasteiger partial charge in [-0.05, 0) is 127 Å². The third-order valence-corrected chi connectivity index (χ3v) is 15.5. The van der Waals surface area contributed by atoms with E-state index in [4.69, 9.17) is 9.72 Å². The van der Waals surface area contributed by atoms with Gasteiger partial charge in [0.1, 0.15) is 24.0 Å². The van der Waals surface area contributed by atoms with Crippen LogP contribution in [0.4, 0.5) is 22.7 Å². The van der Waals surface area contributed by atoms with Crippen LogP contribution >= 0.6 is 0 Å². The number of anilines is 4. The molecule has 11 rings (SSSR count). The Hall–Kier alpha value is -7.11. The van der Waals surface area contributed by atoms with Gasteiger partial charge in [0.15, 0.2) is 0 Å². The Balaban J connectivity index is 1.04. The van der Waals surface area contributed by atoms with Crippen LogP contribution in [0.3, 0.4) is 0 Å². The summed E-state index contributed by atoms with van der Waals surface area (Å²) in [4.78, 5) is 10.0. The molecule has 0 unspecified atom stereocenters. The van der Waals surface area contributed by atoms with E-state index in [0.717, 1.165) is 34.2 Å². The number of ether oxygens (including phenoxy) is 1. The molecule has 0 bridgehead atoms. The minimum atomic E-state index is -0.197. The third-order valence-electron chi connectivity index (χ3n) is 15.5. The normalized spacial score (nSPS) is 14.5. The van der Waals surface area contributed by atoms with Crippen LogP contribution in [0.15, 0.2) is 158 Å². The van der Waals surface area contributed by atoms with Crippen LogP contribution in [0.5, 0.6) is 11.5 Å². The molecule has 9 aromatic rings. The molecule has 364 valence electrons. The van der Waals surface area contributed by atoms with Crippen molar-refractivity contribution in [3.63, 3.8) is 0 Å². The number of fused-ring (bicyclic) bond motifs is 1. The second kappa shape index (κ2) is 16.5. The number of para-hydroxylation sites is 2. The van der Waals surface area contributed by atoms with Gasteiger partial charge in [0.2, 0.25) is 0 Å². The Bertz CT molecular complexity index is 3540. The zero-order valence-electron chi connectivity index (χ0n) is 44.9. The van der Waals surface area contributed by atoms with Gasteiger partial charge in [-0.25, -0.2) is 4.98 Å². The molecule has 0 saturated carbocycles. The first kappa shape index (κ1) is 47.2. The van der Waals surface area contributed by atoms with Crippen molar-refractivity contribution in [2.24, 2.45) is 0 Å². The van der Waals surface area contributed by atoms with Crippen molar-refractivity contribution < 1.29 is 4.74 Å². The SMILES string of the molecule is CC(C)(C)c1cccc(-c2cc(C(C)(C)C)cc(-c3cccc(C(C)(C)C)c3)c2N2CN(c3cccc(Oc4cc5c6c7c(cccc7n(-c7cc(C(C)(C)C)ccn7)c6c4)C5(C)C)c3)c3ccccc32)c1. The van der Waals surface area contributed by atoms with E-state index in [1.54, 1.807) is 0 Å². The highest BCUT2D eigenvalue weighted by atomic mass is 16.5. The van der Waals surface area contributed by atoms with Gasteiger partial charge in [-0.15, -0.1) is 0 Å². The van der Waals surface area contributed by atoms with Crippen molar-refractivity contribution in [2.45, 2.75) is 124 Å². The largest absolute Gasteiger partial charge is 0.457 e. The van der Waals surface area contributed by atoms with Gasteiger partial charge >= 0.3 is 0 Å². The van der Waals surface area contributed by atoms with Crippen molar-refractivity contribution in [3.8, 4) is 39.6 Å². The summed E-state index contributed by atoms with van der Waals surface area (Å²) in [5.74, 6) is 2.52. The van der Waals surface area contributed by atoms with Crippen molar-refractivity contribution >= 4 is 44.6 Å². The highest BCUT2D eigenvalue weighted by Crippen LogP contribution is 2.54. The predicted molar refractivity (Wildman–Crippen MR) is 305 cm³/mol. The third kappa shape index (κ3) is 7.97. The van der Waals surface area contributed by atoms with Crippen LogP contribution in [0, 0.1) is 0 Å². The second-order valence-corrected chi connectivity index (χ2v) is 25.1. The topological polar surface area (TPSA) is 33.5 Å². The van der Waals surface area contributed by atoms with E-state index in [1.165, 1.54) is 83.3 Å². The Morgan fingerprint density at radius 2 is 1.01 bits per heavy atom. The number of benzene rings is 7. The Labute approximate surface area is 428 Å². The minimum Gasteiger partial charge on any atom is -0.457 e. The molecule has 1 aliphatic carbocycles. The molecule has 5 heteroatoms. The standard InChI is InChI=1S/C67H70N4O/c1-63(2,3)44-23-17-21-42(33-44)51-35-47(66(10,11)12)36-52(43-22-18-24-45(34-43)64(4,5)6)62(51)70-41-69(55-28-15-16-29-56(55)70)48-25-19-26-49(38-48)72-50-39-54-61-58(40-50)71(59-37-46(31-32-68-59)65(7,8)9)57-30-20-27-53(60(57)61)67(54,13)14/h15-40H,41H2,1-14H3. The molecule has 2 aliphatic rings. The molecule has 72 heavy (non-hydrogen) atoms. The summed E-state index contributed by atoms with van der Waals surface area (Å²) in [6, 6.07) is 56.6. The van der Waals surface area contributed by atoms with Crippen molar-refractivity contribution in [2.75, 3.05) is 16.5 Å². The maximum Gasteiger partial charge on any atom is 0.137 e. The average Bonchev–Trinajstić information content (AvgIpc) is 3.96. The molecule has 0 spiro atoms. The summed E-state index contributed by atoms with van der Waals surface area (Å²) >= 11 is 0. The van der Waals surface area contributed by atoms with Crippen LogP contribution in [0.2, 0.25) is 0 Å². The van der Waals surface area contributed by atoms with Gasteiger partial charge < -0.3 is 14.5 Å². The second-order valence-electron chi connectivity index (χ2n) is 25.1. The van der Waals surface area contributed by atoms with Gasteiger partial charge in [0.25, 0.3) is 0 Å². The molecule has 5 nitrogen and oxygen atoms in total. The van der Waals surface area contributed by atoms with Crippen molar-refractivity contribution in [1.82, 2.24) is 9.55 Å². The van der Waals surface area contributed by atoms with Crippen LogP contribution in [-0.2, 0) is 27.1 Å². The zero-order chi connectivity index (χ0) is 50.9. The maximum absolute atomic E-state index is 7.07. The van der Waals surface area contributed by atoms with Gasteiger partial charge in [-0.1, -0.05) is 176 Å². The summed E-state index contributed by atoms with van der Waals surface area (Å²) in [6.07, 6.45) is 1.95.